The summed E-state index contributed by atoms with van der Waals surface area (Å²) in [5.74, 6) is 2.16. The van der Waals surface area contributed by atoms with Gasteiger partial charge in [0.05, 0.1) is 6.61 Å². The van der Waals surface area contributed by atoms with E-state index in [0.717, 1.165) is 24.9 Å². The number of piperidine rings is 1. The van der Waals surface area contributed by atoms with Crippen LogP contribution in [0.15, 0.2) is 0 Å². The molecule has 3 nitrogen and oxygen atoms in total. The van der Waals surface area contributed by atoms with E-state index in [1.165, 1.54) is 0 Å². The molecule has 4 heteroatoms. The smallest absolute Gasteiger partial charge is 0.306 e. The zero-order chi connectivity index (χ0) is 8.55. The van der Waals surface area contributed by atoms with Gasteiger partial charge in [-0.3, -0.25) is 4.79 Å². The molecular weight excluding hydrogens is 190 g/mol. The molecule has 2 unspecified atom stereocenters. The SMILES string of the molecule is CCOC(=O)CC1C2CNC[C@H]21.Cl. The number of rotatable bonds is 3. The van der Waals surface area contributed by atoms with Crippen LogP contribution < -0.4 is 5.32 Å². The molecule has 76 valence electrons. The minimum Gasteiger partial charge on any atom is -0.466 e. The van der Waals surface area contributed by atoms with Gasteiger partial charge in [0.1, 0.15) is 0 Å². The van der Waals surface area contributed by atoms with E-state index >= 15 is 0 Å². The highest BCUT2D eigenvalue weighted by molar-refractivity contribution is 5.85. The molecule has 2 fully saturated rings. The highest BCUT2D eigenvalue weighted by Gasteiger charge is 2.53. The van der Waals surface area contributed by atoms with Gasteiger partial charge in [-0.15, -0.1) is 12.4 Å². The van der Waals surface area contributed by atoms with Gasteiger partial charge in [-0.1, -0.05) is 0 Å². The average Bonchev–Trinajstić information content (AvgIpc) is 2.51. The van der Waals surface area contributed by atoms with Crippen LogP contribution in [-0.4, -0.2) is 25.7 Å². The Morgan fingerprint density at radius 1 is 1.46 bits per heavy atom. The zero-order valence-electron chi connectivity index (χ0n) is 7.79. The molecule has 0 spiro atoms. The third-order valence-corrected chi connectivity index (χ3v) is 2.98. The summed E-state index contributed by atoms with van der Waals surface area (Å²) in [5, 5.41) is 3.30. The monoisotopic (exact) mass is 205 g/mol. The van der Waals surface area contributed by atoms with Crippen LogP contribution >= 0.6 is 12.4 Å². The minimum absolute atomic E-state index is 0. The lowest BCUT2D eigenvalue weighted by molar-refractivity contribution is -0.143. The number of halogens is 1. The van der Waals surface area contributed by atoms with Crippen LogP contribution in [0.3, 0.4) is 0 Å². The summed E-state index contributed by atoms with van der Waals surface area (Å²) in [7, 11) is 0. The maximum Gasteiger partial charge on any atom is 0.306 e. The van der Waals surface area contributed by atoms with E-state index < -0.39 is 0 Å². The van der Waals surface area contributed by atoms with Crippen LogP contribution in [0.5, 0.6) is 0 Å². The summed E-state index contributed by atoms with van der Waals surface area (Å²) < 4.78 is 4.90. The Balaban J connectivity index is 0.000000845. The van der Waals surface area contributed by atoms with Crippen LogP contribution in [0.4, 0.5) is 0 Å². The van der Waals surface area contributed by atoms with Gasteiger partial charge in [0.25, 0.3) is 0 Å². The zero-order valence-corrected chi connectivity index (χ0v) is 8.60. The van der Waals surface area contributed by atoms with Crippen molar-refractivity contribution < 1.29 is 9.53 Å². The lowest BCUT2D eigenvalue weighted by atomic mass is 10.2. The van der Waals surface area contributed by atoms with E-state index in [4.69, 9.17) is 4.74 Å². The predicted molar refractivity (Wildman–Crippen MR) is 51.8 cm³/mol. The lowest BCUT2D eigenvalue weighted by Crippen LogP contribution is -2.16. The second-order valence-corrected chi connectivity index (χ2v) is 3.66. The fourth-order valence-electron chi connectivity index (χ4n) is 2.26. The van der Waals surface area contributed by atoms with Gasteiger partial charge in [0.2, 0.25) is 0 Å². The van der Waals surface area contributed by atoms with Gasteiger partial charge in [-0.2, -0.15) is 0 Å². The first-order valence-corrected chi connectivity index (χ1v) is 4.69. The number of carbonyl (C=O) groups excluding carboxylic acids is 1. The molecule has 2 aliphatic rings. The van der Waals surface area contributed by atoms with Crippen LogP contribution in [0, 0.1) is 17.8 Å². The van der Waals surface area contributed by atoms with Crippen molar-refractivity contribution in [1.82, 2.24) is 5.32 Å². The van der Waals surface area contributed by atoms with E-state index in [0.29, 0.717) is 18.9 Å². The molecule has 0 radical (unpaired) electrons. The number of ether oxygens (including phenoxy) is 1. The van der Waals surface area contributed by atoms with Crippen molar-refractivity contribution in [3.8, 4) is 0 Å². The van der Waals surface area contributed by atoms with E-state index in [-0.39, 0.29) is 18.4 Å². The van der Waals surface area contributed by atoms with Crippen molar-refractivity contribution >= 4 is 18.4 Å². The third-order valence-electron chi connectivity index (χ3n) is 2.98. The Hall–Kier alpha value is -0.280. The molecule has 1 aliphatic heterocycles. The standard InChI is InChI=1S/C9H15NO2.ClH/c1-2-12-9(11)3-6-7-4-10-5-8(6)7;/h6-8,10H,2-5H2,1H3;1H/t6?,7-,8?;/m0./s1. The highest BCUT2D eigenvalue weighted by atomic mass is 35.5. The number of nitrogens with one attached hydrogen (secondary N) is 1. The number of carbonyl (C=O) groups is 1. The predicted octanol–water partition coefficient (Wildman–Crippen LogP) is 0.827. The van der Waals surface area contributed by atoms with Crippen molar-refractivity contribution in [3.63, 3.8) is 0 Å². The molecule has 2 rings (SSSR count). The van der Waals surface area contributed by atoms with Crippen molar-refractivity contribution in [2.24, 2.45) is 17.8 Å². The highest BCUT2D eigenvalue weighted by Crippen LogP contribution is 2.50. The van der Waals surface area contributed by atoms with Gasteiger partial charge >= 0.3 is 5.97 Å². The molecule has 1 saturated heterocycles. The van der Waals surface area contributed by atoms with Crippen molar-refractivity contribution in [1.29, 1.82) is 0 Å². The first kappa shape index (κ1) is 10.8. The number of esters is 1. The van der Waals surface area contributed by atoms with Gasteiger partial charge < -0.3 is 10.1 Å². The Labute approximate surface area is 84.6 Å². The van der Waals surface area contributed by atoms with Crippen LogP contribution in [-0.2, 0) is 9.53 Å². The van der Waals surface area contributed by atoms with Gasteiger partial charge in [0, 0.05) is 6.42 Å². The summed E-state index contributed by atoms with van der Waals surface area (Å²) in [6.45, 7) is 4.58. The minimum atomic E-state index is -0.0168. The third kappa shape index (κ3) is 2.15. The van der Waals surface area contributed by atoms with E-state index in [2.05, 4.69) is 5.32 Å². The van der Waals surface area contributed by atoms with E-state index in [1.54, 1.807) is 0 Å². The van der Waals surface area contributed by atoms with E-state index in [1.807, 2.05) is 6.92 Å². The largest absolute Gasteiger partial charge is 0.466 e. The van der Waals surface area contributed by atoms with Crippen molar-refractivity contribution in [2.45, 2.75) is 13.3 Å². The summed E-state index contributed by atoms with van der Waals surface area (Å²) in [4.78, 5) is 11.1. The molecule has 1 saturated carbocycles. The molecule has 0 amide bonds. The number of fused-ring (bicyclic) bond motifs is 1. The topological polar surface area (TPSA) is 38.3 Å². The summed E-state index contributed by atoms with van der Waals surface area (Å²) in [6.07, 6.45) is 0.644. The Bertz CT molecular complexity index is 188. The first-order valence-electron chi connectivity index (χ1n) is 4.69. The molecule has 1 N–H and O–H groups in total. The molecular formula is C9H16ClNO2. The molecule has 0 aromatic heterocycles. The summed E-state index contributed by atoms with van der Waals surface area (Å²) in [6, 6.07) is 0. The maximum atomic E-state index is 11.1. The normalized spacial score (nSPS) is 34.7. The number of hydrogen-bond donors (Lipinski definition) is 1. The van der Waals surface area contributed by atoms with E-state index in [9.17, 15) is 4.79 Å². The quantitative estimate of drug-likeness (QED) is 0.694. The van der Waals surface area contributed by atoms with Gasteiger partial charge in [-0.25, -0.2) is 0 Å². The molecule has 3 atom stereocenters. The second-order valence-electron chi connectivity index (χ2n) is 3.66. The average molecular weight is 206 g/mol. The van der Waals surface area contributed by atoms with Crippen molar-refractivity contribution in [3.05, 3.63) is 0 Å². The van der Waals surface area contributed by atoms with Crippen LogP contribution in [0.2, 0.25) is 0 Å². The van der Waals surface area contributed by atoms with Gasteiger partial charge in [-0.05, 0) is 37.8 Å². The second kappa shape index (κ2) is 4.29. The van der Waals surface area contributed by atoms with Crippen LogP contribution in [0.1, 0.15) is 13.3 Å². The number of hydrogen-bond acceptors (Lipinski definition) is 3. The summed E-state index contributed by atoms with van der Waals surface area (Å²) in [5.41, 5.74) is 0. The Morgan fingerprint density at radius 3 is 2.62 bits per heavy atom. The fourth-order valence-corrected chi connectivity index (χ4v) is 2.26. The molecule has 0 bridgehead atoms. The first-order chi connectivity index (χ1) is 5.83. The molecule has 1 heterocycles. The van der Waals surface area contributed by atoms with Crippen LogP contribution in [0.25, 0.3) is 0 Å². The van der Waals surface area contributed by atoms with Crippen molar-refractivity contribution in [2.75, 3.05) is 19.7 Å². The fraction of sp³-hybridized carbons (Fsp3) is 0.889. The maximum absolute atomic E-state index is 11.1. The summed E-state index contributed by atoms with van der Waals surface area (Å²) >= 11 is 0. The Kier molecular flexibility index (Phi) is 3.56. The molecule has 0 aromatic carbocycles. The van der Waals surface area contributed by atoms with Gasteiger partial charge in [0.15, 0.2) is 0 Å². The molecule has 0 aromatic rings. The lowest BCUT2D eigenvalue weighted by Gasteiger charge is -2.03. The molecule has 1 aliphatic carbocycles. The molecule has 13 heavy (non-hydrogen) atoms. The Morgan fingerprint density at radius 2 is 2.08 bits per heavy atom.